The van der Waals surface area contributed by atoms with Crippen LogP contribution in [0.2, 0.25) is 0 Å². The molecule has 2 aromatic rings. The van der Waals surface area contributed by atoms with Gasteiger partial charge in [0.25, 0.3) is 0 Å². The Balaban J connectivity index is 2.99. The molecule has 0 atom stereocenters. The first-order chi connectivity index (χ1) is 4.38. The van der Waals surface area contributed by atoms with Gasteiger partial charge in [0.1, 0.15) is 5.52 Å². The second-order valence-corrected chi connectivity index (χ2v) is 2.69. The van der Waals surface area contributed by atoms with Gasteiger partial charge in [0.05, 0.1) is 11.2 Å². The highest BCUT2D eigenvalue weighted by molar-refractivity contribution is 7.16. The lowest BCUT2D eigenvalue weighted by Crippen LogP contribution is -1.70. The number of aromatic nitrogens is 3. The number of aryl methyl sites for hydroxylation is 1. The van der Waals surface area contributed by atoms with Crippen molar-refractivity contribution in [3.63, 3.8) is 0 Å². The summed E-state index contributed by atoms with van der Waals surface area (Å²) in [7, 11) is 0. The molecule has 2 aromatic heterocycles. The third-order valence-corrected chi connectivity index (χ3v) is 1.95. The molecule has 0 saturated heterocycles. The molecule has 3 nitrogen and oxygen atoms in total. The molecule has 46 valence electrons. The summed E-state index contributed by atoms with van der Waals surface area (Å²) in [4.78, 5) is 5.10. The number of thiazole rings is 1. The molecule has 0 unspecified atom stereocenters. The van der Waals surface area contributed by atoms with Crippen molar-refractivity contribution in [1.82, 2.24) is 15.2 Å². The molecule has 4 heteroatoms. The van der Waals surface area contributed by atoms with Crippen LogP contribution in [-0.2, 0) is 0 Å². The van der Waals surface area contributed by atoms with E-state index in [1.54, 1.807) is 16.8 Å². The van der Waals surface area contributed by atoms with Gasteiger partial charge < -0.3 is 0 Å². The molecule has 0 amide bonds. The maximum Gasteiger partial charge on any atom is 0.165 e. The Morgan fingerprint density at radius 2 is 2.56 bits per heavy atom. The number of fused-ring (bicyclic) bond motifs is 1. The van der Waals surface area contributed by atoms with Crippen LogP contribution in [-0.4, -0.2) is 15.2 Å². The molecule has 0 aliphatic carbocycles. The lowest BCUT2D eigenvalue weighted by molar-refractivity contribution is 1.07. The van der Waals surface area contributed by atoms with Crippen LogP contribution in [0.1, 0.15) is 5.69 Å². The Morgan fingerprint density at radius 1 is 1.67 bits per heavy atom. The van der Waals surface area contributed by atoms with Crippen molar-refractivity contribution in [3.8, 4) is 0 Å². The molecule has 2 rings (SSSR count). The molecular formula is C5H5N3S. The quantitative estimate of drug-likeness (QED) is 0.598. The van der Waals surface area contributed by atoms with Gasteiger partial charge in [0.15, 0.2) is 4.83 Å². The second-order valence-electron chi connectivity index (χ2n) is 1.85. The fourth-order valence-corrected chi connectivity index (χ4v) is 1.44. The predicted octanol–water partition coefficient (Wildman–Crippen LogP) is 1.33. The van der Waals surface area contributed by atoms with E-state index in [2.05, 4.69) is 15.2 Å². The van der Waals surface area contributed by atoms with Crippen molar-refractivity contribution < 1.29 is 0 Å². The van der Waals surface area contributed by atoms with Gasteiger partial charge >= 0.3 is 0 Å². The molecule has 2 heterocycles. The van der Waals surface area contributed by atoms with E-state index in [0.717, 1.165) is 16.0 Å². The van der Waals surface area contributed by atoms with Gasteiger partial charge in [-0.2, -0.15) is 5.10 Å². The van der Waals surface area contributed by atoms with E-state index >= 15 is 0 Å². The standard InChI is InChI=1S/C5H5N3S/c1-3-4-5(8-7-3)9-2-6-4/h2H,1H3,(H,7,8). The number of H-pyrrole nitrogens is 1. The van der Waals surface area contributed by atoms with Crippen LogP contribution in [0.4, 0.5) is 0 Å². The van der Waals surface area contributed by atoms with Gasteiger partial charge in [-0.3, -0.25) is 5.10 Å². The van der Waals surface area contributed by atoms with E-state index in [9.17, 15) is 0 Å². The summed E-state index contributed by atoms with van der Waals surface area (Å²) in [6.07, 6.45) is 0. The Bertz CT molecular complexity index is 321. The fourth-order valence-electron chi connectivity index (χ4n) is 0.764. The van der Waals surface area contributed by atoms with Crippen LogP contribution < -0.4 is 0 Å². The van der Waals surface area contributed by atoms with Crippen LogP contribution in [0.15, 0.2) is 5.51 Å². The third-order valence-electron chi connectivity index (χ3n) is 1.23. The van der Waals surface area contributed by atoms with E-state index in [1.807, 2.05) is 6.92 Å². The summed E-state index contributed by atoms with van der Waals surface area (Å²) in [5.41, 5.74) is 3.85. The Hall–Kier alpha value is -0.900. The zero-order valence-corrected chi connectivity index (χ0v) is 5.70. The first kappa shape index (κ1) is 4.93. The maximum absolute atomic E-state index is 4.10. The third kappa shape index (κ3) is 0.564. The minimum absolute atomic E-state index is 0.993. The van der Waals surface area contributed by atoms with Crippen LogP contribution in [0.3, 0.4) is 0 Å². The van der Waals surface area contributed by atoms with Crippen molar-refractivity contribution in [2.24, 2.45) is 0 Å². The van der Waals surface area contributed by atoms with E-state index in [-0.39, 0.29) is 0 Å². The van der Waals surface area contributed by atoms with Gasteiger partial charge in [0.2, 0.25) is 0 Å². The number of rotatable bonds is 0. The van der Waals surface area contributed by atoms with Crippen molar-refractivity contribution in [2.45, 2.75) is 6.92 Å². The summed E-state index contributed by atoms with van der Waals surface area (Å²) in [5, 5.41) is 6.86. The minimum Gasteiger partial charge on any atom is -0.279 e. The highest BCUT2D eigenvalue weighted by Crippen LogP contribution is 2.16. The molecule has 0 radical (unpaired) electrons. The number of hydrogen-bond acceptors (Lipinski definition) is 3. The van der Waals surface area contributed by atoms with Crippen LogP contribution in [0.5, 0.6) is 0 Å². The number of nitrogens with one attached hydrogen (secondary N) is 1. The molecule has 0 bridgehead atoms. The molecule has 9 heavy (non-hydrogen) atoms. The van der Waals surface area contributed by atoms with Gasteiger partial charge in [0, 0.05) is 0 Å². The lowest BCUT2D eigenvalue weighted by atomic mass is 10.4. The summed E-state index contributed by atoms with van der Waals surface area (Å²) in [6, 6.07) is 0. The normalized spacial score (nSPS) is 10.8. The molecule has 0 aliphatic heterocycles. The highest BCUT2D eigenvalue weighted by atomic mass is 32.1. The predicted molar refractivity (Wildman–Crippen MR) is 36.5 cm³/mol. The minimum atomic E-state index is 0.993. The topological polar surface area (TPSA) is 41.6 Å². The maximum atomic E-state index is 4.10. The second kappa shape index (κ2) is 1.54. The highest BCUT2D eigenvalue weighted by Gasteiger charge is 2.00. The fraction of sp³-hybridized carbons (Fsp3) is 0.200. The Labute approximate surface area is 55.7 Å². The van der Waals surface area contributed by atoms with Gasteiger partial charge in [-0.15, -0.1) is 11.3 Å². The van der Waals surface area contributed by atoms with Crippen LogP contribution in [0.25, 0.3) is 10.3 Å². The summed E-state index contributed by atoms with van der Waals surface area (Å²) in [5.74, 6) is 0. The first-order valence-electron chi connectivity index (χ1n) is 2.62. The van der Waals surface area contributed by atoms with E-state index in [0.29, 0.717) is 0 Å². The van der Waals surface area contributed by atoms with E-state index in [4.69, 9.17) is 0 Å². The zero-order chi connectivity index (χ0) is 6.27. The number of hydrogen-bond donors (Lipinski definition) is 1. The van der Waals surface area contributed by atoms with Gasteiger partial charge in [-0.05, 0) is 6.92 Å². The lowest BCUT2D eigenvalue weighted by Gasteiger charge is -1.74. The largest absolute Gasteiger partial charge is 0.279 e. The smallest absolute Gasteiger partial charge is 0.165 e. The molecule has 0 fully saturated rings. The van der Waals surface area contributed by atoms with E-state index in [1.165, 1.54) is 0 Å². The van der Waals surface area contributed by atoms with Crippen molar-refractivity contribution in [3.05, 3.63) is 11.2 Å². The molecular weight excluding hydrogens is 134 g/mol. The van der Waals surface area contributed by atoms with Crippen molar-refractivity contribution in [1.29, 1.82) is 0 Å². The first-order valence-corrected chi connectivity index (χ1v) is 3.50. The Morgan fingerprint density at radius 3 is 3.33 bits per heavy atom. The number of aromatic amines is 1. The molecule has 0 spiro atoms. The van der Waals surface area contributed by atoms with Crippen LogP contribution >= 0.6 is 11.3 Å². The SMILES string of the molecule is Cc1[nH]nc2scnc12. The summed E-state index contributed by atoms with van der Waals surface area (Å²) in [6.45, 7) is 1.97. The molecule has 0 aromatic carbocycles. The van der Waals surface area contributed by atoms with Gasteiger partial charge in [-0.25, -0.2) is 4.98 Å². The van der Waals surface area contributed by atoms with Gasteiger partial charge in [-0.1, -0.05) is 0 Å². The summed E-state index contributed by atoms with van der Waals surface area (Å²) < 4.78 is 0. The van der Waals surface area contributed by atoms with Crippen molar-refractivity contribution in [2.75, 3.05) is 0 Å². The molecule has 0 aliphatic rings. The summed E-state index contributed by atoms with van der Waals surface area (Å²) >= 11 is 1.55. The molecule has 0 saturated carbocycles. The Kier molecular flexibility index (Phi) is 0.843. The average Bonchev–Trinajstić information content (AvgIpc) is 2.35. The zero-order valence-electron chi connectivity index (χ0n) is 4.88. The number of nitrogens with zero attached hydrogens (tertiary/aromatic N) is 2. The average molecular weight is 139 g/mol. The van der Waals surface area contributed by atoms with E-state index < -0.39 is 0 Å². The molecule has 1 N–H and O–H groups in total. The van der Waals surface area contributed by atoms with Crippen LogP contribution in [0, 0.1) is 6.92 Å². The monoisotopic (exact) mass is 139 g/mol. The van der Waals surface area contributed by atoms with Crippen molar-refractivity contribution >= 4 is 21.7 Å².